The third kappa shape index (κ3) is 5.31. The van der Waals surface area contributed by atoms with Gasteiger partial charge >= 0.3 is 0 Å². The summed E-state index contributed by atoms with van der Waals surface area (Å²) in [6.07, 6.45) is 1.14. The van der Waals surface area contributed by atoms with Crippen LogP contribution in [0.5, 0.6) is 5.75 Å². The van der Waals surface area contributed by atoms with E-state index in [4.69, 9.17) is 4.74 Å². The Morgan fingerprint density at radius 2 is 1.62 bits per heavy atom. The molecule has 1 heterocycles. The van der Waals surface area contributed by atoms with Crippen LogP contribution in [0, 0.1) is 0 Å². The number of methoxy groups -OCH3 is 1. The number of rotatable bonds is 7. The summed E-state index contributed by atoms with van der Waals surface area (Å²) in [5.74, 6) is -0.0930. The van der Waals surface area contributed by atoms with Gasteiger partial charge in [0.1, 0.15) is 5.75 Å². The van der Waals surface area contributed by atoms with Crippen LogP contribution in [0.2, 0.25) is 0 Å². The van der Waals surface area contributed by atoms with Gasteiger partial charge in [-0.1, -0.05) is 42.5 Å². The number of carbonyl (C=O) groups is 1. The van der Waals surface area contributed by atoms with Gasteiger partial charge in [0, 0.05) is 11.0 Å². The van der Waals surface area contributed by atoms with Gasteiger partial charge in [-0.05, 0) is 64.4 Å². The summed E-state index contributed by atoms with van der Waals surface area (Å²) >= 11 is 0. The molecule has 32 heavy (non-hydrogen) atoms. The molecule has 1 aliphatic rings. The highest BCUT2D eigenvalue weighted by Crippen LogP contribution is 2.39. The summed E-state index contributed by atoms with van der Waals surface area (Å²) in [6.45, 7) is 6.69. The quantitative estimate of drug-likeness (QED) is 0.592. The first kappa shape index (κ1) is 24.2. The van der Waals surface area contributed by atoms with E-state index in [9.17, 15) is 13.2 Å². The molecule has 174 valence electrons. The summed E-state index contributed by atoms with van der Waals surface area (Å²) in [5.41, 5.74) is -0.299. The Balaban J connectivity index is 2.12. The Labute approximate surface area is 191 Å². The third-order valence-corrected chi connectivity index (χ3v) is 7.81. The molecule has 0 aromatic heterocycles. The average Bonchev–Trinajstić information content (AvgIpc) is 2.76. The van der Waals surface area contributed by atoms with Crippen LogP contribution in [-0.4, -0.2) is 45.4 Å². The molecule has 0 spiro atoms. The molecule has 1 unspecified atom stereocenters. The maximum Gasteiger partial charge on any atom is 0.256 e. The Kier molecular flexibility index (Phi) is 7.27. The van der Waals surface area contributed by atoms with Crippen molar-refractivity contribution in [2.45, 2.75) is 49.9 Å². The molecule has 0 radical (unpaired) electrons. The van der Waals surface area contributed by atoms with Crippen molar-refractivity contribution in [2.75, 3.05) is 20.2 Å². The Morgan fingerprint density at radius 3 is 2.22 bits per heavy atom. The number of para-hydroxylation sites is 1. The van der Waals surface area contributed by atoms with Crippen molar-refractivity contribution in [3.8, 4) is 5.75 Å². The van der Waals surface area contributed by atoms with E-state index in [2.05, 4.69) is 15.4 Å². The van der Waals surface area contributed by atoms with Crippen molar-refractivity contribution in [3.63, 3.8) is 0 Å². The van der Waals surface area contributed by atoms with E-state index in [1.165, 1.54) is 7.11 Å². The monoisotopic (exact) mass is 459 g/mol. The fourth-order valence-corrected chi connectivity index (χ4v) is 6.57. The summed E-state index contributed by atoms with van der Waals surface area (Å²) in [6, 6.07) is 16.4. The molecule has 1 atom stereocenters. The number of nitrogens with one attached hydrogen (secondary N) is 3. The molecular formula is C24H33N3O4S. The van der Waals surface area contributed by atoms with Crippen LogP contribution < -0.4 is 20.1 Å². The van der Waals surface area contributed by atoms with Gasteiger partial charge in [-0.25, -0.2) is 13.1 Å². The first-order valence-electron chi connectivity index (χ1n) is 10.8. The SMILES string of the molecule is COc1ccccc1C(=O)NC(C1(c2ccccc2)CCNCC1)S(=O)(=O)NC(C)(C)C. The predicted molar refractivity (Wildman–Crippen MR) is 126 cm³/mol. The van der Waals surface area contributed by atoms with Crippen molar-refractivity contribution >= 4 is 15.9 Å². The number of amides is 1. The molecule has 0 saturated carbocycles. The van der Waals surface area contributed by atoms with E-state index >= 15 is 0 Å². The van der Waals surface area contributed by atoms with Crippen LogP contribution in [0.3, 0.4) is 0 Å². The molecule has 0 bridgehead atoms. The van der Waals surface area contributed by atoms with Crippen LogP contribution in [0.4, 0.5) is 0 Å². The minimum Gasteiger partial charge on any atom is -0.496 e. The number of ether oxygens (including phenoxy) is 1. The highest BCUT2D eigenvalue weighted by molar-refractivity contribution is 7.90. The fourth-order valence-electron chi connectivity index (χ4n) is 4.37. The largest absolute Gasteiger partial charge is 0.496 e. The zero-order valence-electron chi connectivity index (χ0n) is 19.1. The Morgan fingerprint density at radius 1 is 1.03 bits per heavy atom. The summed E-state index contributed by atoms with van der Waals surface area (Å²) in [4.78, 5) is 13.4. The number of sulfonamides is 1. The van der Waals surface area contributed by atoms with Gasteiger partial charge in [-0.2, -0.15) is 0 Å². The second kappa shape index (κ2) is 9.60. The molecule has 1 amide bonds. The van der Waals surface area contributed by atoms with Gasteiger partial charge in [0.15, 0.2) is 5.37 Å². The van der Waals surface area contributed by atoms with E-state index in [-0.39, 0.29) is 0 Å². The molecule has 2 aromatic carbocycles. The smallest absolute Gasteiger partial charge is 0.256 e. The maximum absolute atomic E-state index is 13.8. The fraction of sp³-hybridized carbons (Fsp3) is 0.458. The average molecular weight is 460 g/mol. The standard InChI is InChI=1S/C24H33N3O4S/c1-23(2,3)27-32(29,30)22(26-21(28)19-12-8-9-13-20(19)31-4)24(14-16-25-17-15-24)18-10-6-5-7-11-18/h5-13,22,25,27H,14-17H2,1-4H3,(H,26,28). The topological polar surface area (TPSA) is 96.5 Å². The van der Waals surface area contributed by atoms with Crippen molar-refractivity contribution in [3.05, 3.63) is 65.7 Å². The molecule has 7 nitrogen and oxygen atoms in total. The maximum atomic E-state index is 13.8. The van der Waals surface area contributed by atoms with E-state index in [0.717, 1.165) is 5.56 Å². The summed E-state index contributed by atoms with van der Waals surface area (Å²) < 4.78 is 35.6. The van der Waals surface area contributed by atoms with Crippen LogP contribution in [0.25, 0.3) is 0 Å². The van der Waals surface area contributed by atoms with Crippen LogP contribution in [0.1, 0.15) is 49.5 Å². The van der Waals surface area contributed by atoms with Gasteiger partial charge in [0.05, 0.1) is 12.7 Å². The lowest BCUT2D eigenvalue weighted by Gasteiger charge is -2.44. The third-order valence-electron chi connectivity index (χ3n) is 5.72. The summed E-state index contributed by atoms with van der Waals surface area (Å²) in [7, 11) is -2.47. The molecular weight excluding hydrogens is 426 g/mol. The second-order valence-electron chi connectivity index (χ2n) is 9.22. The molecule has 3 rings (SSSR count). The van der Waals surface area contributed by atoms with E-state index in [1.807, 2.05) is 30.3 Å². The first-order valence-corrected chi connectivity index (χ1v) is 12.4. The van der Waals surface area contributed by atoms with Gasteiger partial charge in [0.25, 0.3) is 5.91 Å². The zero-order valence-corrected chi connectivity index (χ0v) is 20.0. The highest BCUT2D eigenvalue weighted by atomic mass is 32.2. The van der Waals surface area contributed by atoms with Crippen molar-refractivity contribution < 1.29 is 17.9 Å². The van der Waals surface area contributed by atoms with Gasteiger partial charge < -0.3 is 15.4 Å². The molecule has 1 saturated heterocycles. The lowest BCUT2D eigenvalue weighted by Crippen LogP contribution is -2.62. The number of benzene rings is 2. The number of hydrogen-bond acceptors (Lipinski definition) is 5. The minimum atomic E-state index is -3.96. The van der Waals surface area contributed by atoms with Gasteiger partial charge in [-0.3, -0.25) is 4.79 Å². The molecule has 1 fully saturated rings. The molecule has 0 aliphatic carbocycles. The highest BCUT2D eigenvalue weighted by Gasteiger charge is 2.49. The Hall–Kier alpha value is -2.42. The number of hydrogen-bond donors (Lipinski definition) is 3. The minimum absolute atomic E-state index is 0.295. The van der Waals surface area contributed by atoms with E-state index < -0.39 is 32.3 Å². The van der Waals surface area contributed by atoms with Gasteiger partial charge in [0.2, 0.25) is 10.0 Å². The van der Waals surface area contributed by atoms with E-state index in [1.54, 1.807) is 45.0 Å². The predicted octanol–water partition coefficient (Wildman–Crippen LogP) is 2.79. The van der Waals surface area contributed by atoms with Crippen molar-refractivity contribution in [1.29, 1.82) is 0 Å². The Bertz CT molecular complexity index is 1030. The lowest BCUT2D eigenvalue weighted by molar-refractivity contribution is 0.0921. The normalized spacial score (nSPS) is 17.4. The lowest BCUT2D eigenvalue weighted by atomic mass is 9.72. The first-order chi connectivity index (χ1) is 15.1. The molecule has 2 aromatic rings. The van der Waals surface area contributed by atoms with Gasteiger partial charge in [-0.15, -0.1) is 0 Å². The second-order valence-corrected chi connectivity index (χ2v) is 11.0. The number of piperidine rings is 1. The zero-order chi connectivity index (χ0) is 23.4. The van der Waals surface area contributed by atoms with Crippen molar-refractivity contribution in [1.82, 2.24) is 15.4 Å². The van der Waals surface area contributed by atoms with Crippen molar-refractivity contribution in [2.24, 2.45) is 0 Å². The van der Waals surface area contributed by atoms with Crippen LogP contribution in [0.15, 0.2) is 54.6 Å². The summed E-state index contributed by atoms with van der Waals surface area (Å²) in [5, 5.41) is 5.03. The molecule has 3 N–H and O–H groups in total. The molecule has 1 aliphatic heterocycles. The van der Waals surface area contributed by atoms with Crippen LogP contribution >= 0.6 is 0 Å². The van der Waals surface area contributed by atoms with Crippen LogP contribution in [-0.2, 0) is 15.4 Å². The molecule has 8 heteroatoms. The number of carbonyl (C=O) groups excluding carboxylic acids is 1. The van der Waals surface area contributed by atoms with E-state index in [0.29, 0.717) is 37.2 Å².